The van der Waals surface area contributed by atoms with Crippen molar-refractivity contribution < 1.29 is 0 Å². The van der Waals surface area contributed by atoms with E-state index in [1.54, 1.807) is 6.20 Å². The summed E-state index contributed by atoms with van der Waals surface area (Å²) in [5, 5.41) is 11.0. The summed E-state index contributed by atoms with van der Waals surface area (Å²) in [6, 6.07) is 10.9. The smallest absolute Gasteiger partial charge is 0.191 e. The van der Waals surface area contributed by atoms with Crippen LogP contribution < -0.4 is 10.6 Å². The zero-order valence-electron chi connectivity index (χ0n) is 14.7. The summed E-state index contributed by atoms with van der Waals surface area (Å²) in [6.07, 6.45) is 4.85. The molecule has 2 rings (SSSR count). The number of hydrogen-bond donors (Lipinski definition) is 2. The normalized spacial score (nSPS) is 12.4. The first kappa shape index (κ1) is 20.5. The van der Waals surface area contributed by atoms with Crippen molar-refractivity contribution in [1.82, 2.24) is 20.4 Å². The van der Waals surface area contributed by atoms with Gasteiger partial charge in [-0.05, 0) is 37.5 Å². The molecule has 2 N–H and O–H groups in total. The Morgan fingerprint density at radius 3 is 2.71 bits per heavy atom. The molecule has 1 atom stereocenters. The molecule has 6 heteroatoms. The van der Waals surface area contributed by atoms with Crippen molar-refractivity contribution >= 4 is 29.9 Å². The van der Waals surface area contributed by atoms with Gasteiger partial charge in [0.1, 0.15) is 0 Å². The molecule has 0 radical (unpaired) electrons. The van der Waals surface area contributed by atoms with Crippen LogP contribution in [0.25, 0.3) is 0 Å². The number of hydrogen-bond acceptors (Lipinski definition) is 2. The Kier molecular flexibility index (Phi) is 9.44. The molecular formula is C18H28IN5. The lowest BCUT2D eigenvalue weighted by atomic mass is 10.1. The predicted molar refractivity (Wildman–Crippen MR) is 111 cm³/mol. The molecule has 5 nitrogen and oxygen atoms in total. The lowest BCUT2D eigenvalue weighted by Crippen LogP contribution is -2.41. The van der Waals surface area contributed by atoms with Gasteiger partial charge in [0.05, 0.1) is 13.1 Å². The molecule has 0 bridgehead atoms. The molecule has 0 amide bonds. The lowest BCUT2D eigenvalue weighted by molar-refractivity contribution is 0.624. The quantitative estimate of drug-likeness (QED) is 0.394. The van der Waals surface area contributed by atoms with E-state index in [2.05, 4.69) is 65.8 Å². The highest BCUT2D eigenvalue weighted by molar-refractivity contribution is 14.0. The van der Waals surface area contributed by atoms with E-state index < -0.39 is 0 Å². The van der Waals surface area contributed by atoms with E-state index in [1.165, 1.54) is 11.1 Å². The molecule has 0 saturated carbocycles. The van der Waals surface area contributed by atoms with Crippen LogP contribution in [0.1, 0.15) is 38.3 Å². The largest absolute Gasteiger partial charge is 0.357 e. The molecule has 0 spiro atoms. The first-order valence-corrected chi connectivity index (χ1v) is 8.31. The highest BCUT2D eigenvalue weighted by atomic mass is 127. The second-order valence-corrected chi connectivity index (χ2v) is 5.67. The van der Waals surface area contributed by atoms with Gasteiger partial charge >= 0.3 is 0 Å². The molecule has 0 aliphatic carbocycles. The Hall–Kier alpha value is -1.57. The maximum Gasteiger partial charge on any atom is 0.191 e. The van der Waals surface area contributed by atoms with Crippen LogP contribution in [-0.2, 0) is 13.1 Å². The summed E-state index contributed by atoms with van der Waals surface area (Å²) in [6.45, 7) is 8.73. The van der Waals surface area contributed by atoms with E-state index in [0.29, 0.717) is 12.6 Å². The van der Waals surface area contributed by atoms with Crippen LogP contribution in [0, 0.1) is 0 Å². The van der Waals surface area contributed by atoms with Crippen molar-refractivity contribution in [3.05, 3.63) is 53.9 Å². The molecule has 24 heavy (non-hydrogen) atoms. The van der Waals surface area contributed by atoms with Crippen molar-refractivity contribution in [3.63, 3.8) is 0 Å². The first-order valence-electron chi connectivity index (χ1n) is 8.31. The number of rotatable bonds is 7. The second kappa shape index (κ2) is 11.1. The molecular weight excluding hydrogens is 413 g/mol. The maximum absolute atomic E-state index is 4.68. The van der Waals surface area contributed by atoms with Gasteiger partial charge in [-0.25, -0.2) is 4.99 Å². The van der Waals surface area contributed by atoms with Gasteiger partial charge in [-0.2, -0.15) is 5.10 Å². The number of aromatic nitrogens is 2. The molecule has 1 unspecified atom stereocenters. The van der Waals surface area contributed by atoms with Crippen molar-refractivity contribution in [3.8, 4) is 0 Å². The molecule has 1 aromatic carbocycles. The number of halogens is 1. The number of aliphatic imine (C=N–C) groups is 1. The highest BCUT2D eigenvalue weighted by Crippen LogP contribution is 2.08. The highest BCUT2D eigenvalue weighted by Gasteiger charge is 2.03. The third kappa shape index (κ3) is 6.90. The molecule has 1 heterocycles. The summed E-state index contributed by atoms with van der Waals surface area (Å²) in [4.78, 5) is 4.68. The predicted octanol–water partition coefficient (Wildman–Crippen LogP) is 3.40. The number of nitrogens with one attached hydrogen (secondary N) is 2. The zero-order chi connectivity index (χ0) is 16.5. The van der Waals surface area contributed by atoms with Crippen molar-refractivity contribution in [2.75, 3.05) is 6.54 Å². The number of nitrogens with zero attached hydrogens (tertiary/aromatic N) is 3. The minimum Gasteiger partial charge on any atom is -0.357 e. The Balaban J connectivity index is 0.00000288. The minimum atomic E-state index is 0. The molecule has 0 aliphatic heterocycles. The lowest BCUT2D eigenvalue weighted by Gasteiger charge is -2.16. The van der Waals surface area contributed by atoms with E-state index in [4.69, 9.17) is 0 Å². The SMILES string of the molecule is CCNC(=NCc1cccc(Cn2cccn2)c1)NC(C)CC.I. The average molecular weight is 441 g/mol. The van der Waals surface area contributed by atoms with Crippen LogP contribution in [0.3, 0.4) is 0 Å². The van der Waals surface area contributed by atoms with Crippen molar-refractivity contribution in [2.24, 2.45) is 4.99 Å². The number of guanidine groups is 1. The van der Waals surface area contributed by atoms with Crippen molar-refractivity contribution in [1.29, 1.82) is 0 Å². The van der Waals surface area contributed by atoms with E-state index >= 15 is 0 Å². The van der Waals surface area contributed by atoms with Crippen LogP contribution in [0.5, 0.6) is 0 Å². The van der Waals surface area contributed by atoms with Gasteiger partial charge in [-0.1, -0.05) is 31.2 Å². The average Bonchev–Trinajstić information content (AvgIpc) is 3.06. The first-order chi connectivity index (χ1) is 11.2. The second-order valence-electron chi connectivity index (χ2n) is 5.67. The topological polar surface area (TPSA) is 54.2 Å². The fourth-order valence-electron chi connectivity index (χ4n) is 2.23. The molecule has 132 valence electrons. The van der Waals surface area contributed by atoms with Gasteiger partial charge in [0.15, 0.2) is 5.96 Å². The van der Waals surface area contributed by atoms with E-state index in [-0.39, 0.29) is 24.0 Å². The Morgan fingerprint density at radius 1 is 1.25 bits per heavy atom. The molecule has 0 fully saturated rings. The Bertz CT molecular complexity index is 610. The van der Waals surface area contributed by atoms with Crippen LogP contribution in [0.4, 0.5) is 0 Å². The van der Waals surface area contributed by atoms with Gasteiger partial charge in [0.2, 0.25) is 0 Å². The zero-order valence-corrected chi connectivity index (χ0v) is 17.0. The van der Waals surface area contributed by atoms with Gasteiger partial charge in [-0.15, -0.1) is 24.0 Å². The summed E-state index contributed by atoms with van der Waals surface area (Å²) in [7, 11) is 0. The van der Waals surface area contributed by atoms with Gasteiger partial charge in [0, 0.05) is 25.0 Å². The molecule has 0 saturated heterocycles. The summed E-state index contributed by atoms with van der Waals surface area (Å²) in [5.41, 5.74) is 2.44. The van der Waals surface area contributed by atoms with Gasteiger partial charge < -0.3 is 10.6 Å². The molecule has 2 aromatic rings. The van der Waals surface area contributed by atoms with Crippen LogP contribution in [0.15, 0.2) is 47.7 Å². The van der Waals surface area contributed by atoms with Crippen LogP contribution in [-0.4, -0.2) is 28.3 Å². The summed E-state index contributed by atoms with van der Waals surface area (Å²) < 4.78 is 1.93. The standard InChI is InChI=1S/C18H27N5.HI/c1-4-15(3)22-18(19-5-2)20-13-16-8-6-9-17(12-16)14-23-11-7-10-21-23;/h6-12,15H,4-5,13-14H2,1-3H3,(H2,19,20,22);1H. The fraction of sp³-hybridized carbons (Fsp3) is 0.444. The van der Waals surface area contributed by atoms with Crippen molar-refractivity contribution in [2.45, 2.75) is 46.3 Å². The third-order valence-corrected chi connectivity index (χ3v) is 3.65. The van der Waals surface area contributed by atoms with Crippen LogP contribution >= 0.6 is 24.0 Å². The van der Waals surface area contributed by atoms with Gasteiger partial charge in [-0.3, -0.25) is 4.68 Å². The Labute approximate surface area is 162 Å². The fourth-order valence-corrected chi connectivity index (χ4v) is 2.23. The number of benzene rings is 1. The monoisotopic (exact) mass is 441 g/mol. The van der Waals surface area contributed by atoms with E-state index in [0.717, 1.165) is 25.5 Å². The summed E-state index contributed by atoms with van der Waals surface area (Å²) in [5.74, 6) is 0.874. The summed E-state index contributed by atoms with van der Waals surface area (Å²) >= 11 is 0. The third-order valence-electron chi connectivity index (χ3n) is 3.65. The van der Waals surface area contributed by atoms with Gasteiger partial charge in [0.25, 0.3) is 0 Å². The van der Waals surface area contributed by atoms with Crippen LogP contribution in [0.2, 0.25) is 0 Å². The van der Waals surface area contributed by atoms with E-state index in [1.807, 2.05) is 16.9 Å². The van der Waals surface area contributed by atoms with E-state index in [9.17, 15) is 0 Å². The molecule has 1 aromatic heterocycles. The molecule has 0 aliphatic rings. The minimum absolute atomic E-state index is 0. The maximum atomic E-state index is 4.68. The Morgan fingerprint density at radius 2 is 2.04 bits per heavy atom.